The number of benzene rings is 1. The third-order valence-electron chi connectivity index (χ3n) is 5.01. The first-order valence-electron chi connectivity index (χ1n) is 9.30. The lowest BCUT2D eigenvalue weighted by molar-refractivity contribution is -0.153. The minimum atomic E-state index is -4.08. The average molecular weight is 420 g/mol. The summed E-state index contributed by atoms with van der Waals surface area (Å²) in [5.41, 5.74) is -0.552. The van der Waals surface area contributed by atoms with Gasteiger partial charge in [-0.1, -0.05) is 0 Å². The molecular formula is C20H24N2O6S. The van der Waals surface area contributed by atoms with Crippen molar-refractivity contribution in [1.82, 2.24) is 9.29 Å². The zero-order valence-electron chi connectivity index (χ0n) is 16.1. The molecule has 1 aromatic heterocycles. The van der Waals surface area contributed by atoms with E-state index in [2.05, 4.69) is 4.98 Å². The summed E-state index contributed by atoms with van der Waals surface area (Å²) in [5, 5.41) is 19.9. The number of sulfonamides is 1. The second-order valence-corrected chi connectivity index (χ2v) is 9.13. The van der Waals surface area contributed by atoms with Crippen LogP contribution < -0.4 is 4.74 Å². The molecule has 0 saturated carbocycles. The SMILES string of the molecule is C[C@]1(O)CCCN(S(=O)(=O)c2ccc(OCCc3ccncc3)cc2)[C@H]1C(=O)O. The number of hydrogen-bond acceptors (Lipinski definition) is 6. The summed E-state index contributed by atoms with van der Waals surface area (Å²) < 4.78 is 32.5. The normalized spacial score (nSPS) is 22.9. The van der Waals surface area contributed by atoms with Gasteiger partial charge in [-0.15, -0.1) is 0 Å². The molecule has 0 amide bonds. The average Bonchev–Trinajstić information content (AvgIpc) is 2.68. The van der Waals surface area contributed by atoms with Crippen molar-refractivity contribution in [2.45, 2.75) is 42.7 Å². The Bertz CT molecular complexity index is 945. The summed E-state index contributed by atoms with van der Waals surface area (Å²) in [6, 6.07) is 8.11. The fraction of sp³-hybridized carbons (Fsp3) is 0.400. The summed E-state index contributed by atoms with van der Waals surface area (Å²) in [7, 11) is -4.08. The van der Waals surface area contributed by atoms with Gasteiger partial charge in [-0.3, -0.25) is 9.78 Å². The van der Waals surface area contributed by atoms with Crippen molar-refractivity contribution >= 4 is 16.0 Å². The van der Waals surface area contributed by atoms with E-state index >= 15 is 0 Å². The molecule has 29 heavy (non-hydrogen) atoms. The van der Waals surface area contributed by atoms with Crippen LogP contribution in [0, 0.1) is 0 Å². The number of carbonyl (C=O) groups is 1. The molecule has 1 fully saturated rings. The molecule has 1 aliphatic heterocycles. The second kappa shape index (κ2) is 8.48. The van der Waals surface area contributed by atoms with Gasteiger partial charge in [0.1, 0.15) is 5.75 Å². The summed E-state index contributed by atoms with van der Waals surface area (Å²) >= 11 is 0. The molecule has 2 atom stereocenters. The quantitative estimate of drug-likeness (QED) is 0.700. The summed E-state index contributed by atoms with van der Waals surface area (Å²) in [6.07, 6.45) is 4.70. The van der Waals surface area contributed by atoms with Gasteiger partial charge in [-0.25, -0.2) is 8.42 Å². The summed E-state index contributed by atoms with van der Waals surface area (Å²) in [6.45, 7) is 1.82. The van der Waals surface area contributed by atoms with Crippen molar-refractivity contribution in [1.29, 1.82) is 0 Å². The van der Waals surface area contributed by atoms with Crippen molar-refractivity contribution in [3.63, 3.8) is 0 Å². The van der Waals surface area contributed by atoms with E-state index in [1.54, 1.807) is 12.4 Å². The molecule has 1 saturated heterocycles. The van der Waals surface area contributed by atoms with Gasteiger partial charge in [-0.2, -0.15) is 4.31 Å². The Kier molecular flexibility index (Phi) is 6.21. The lowest BCUT2D eigenvalue weighted by Gasteiger charge is -2.41. The van der Waals surface area contributed by atoms with Crippen LogP contribution in [-0.4, -0.2) is 58.7 Å². The van der Waals surface area contributed by atoms with Crippen LogP contribution in [-0.2, 0) is 21.2 Å². The fourth-order valence-corrected chi connectivity index (χ4v) is 5.21. The number of ether oxygens (including phenoxy) is 1. The van der Waals surface area contributed by atoms with Crippen LogP contribution in [0.3, 0.4) is 0 Å². The van der Waals surface area contributed by atoms with Crippen LogP contribution in [0.4, 0.5) is 0 Å². The number of aliphatic carboxylic acids is 1. The summed E-state index contributed by atoms with van der Waals surface area (Å²) in [5.74, 6) is -0.854. The van der Waals surface area contributed by atoms with E-state index in [0.29, 0.717) is 25.2 Å². The molecule has 0 aliphatic carbocycles. The molecule has 2 aromatic rings. The van der Waals surface area contributed by atoms with Crippen LogP contribution in [0.5, 0.6) is 5.75 Å². The van der Waals surface area contributed by atoms with Gasteiger partial charge in [0.2, 0.25) is 10.0 Å². The number of hydrogen-bond donors (Lipinski definition) is 2. The predicted octanol–water partition coefficient (Wildman–Crippen LogP) is 1.69. The second-order valence-electron chi connectivity index (χ2n) is 7.24. The van der Waals surface area contributed by atoms with Gasteiger partial charge in [0, 0.05) is 25.4 Å². The van der Waals surface area contributed by atoms with E-state index < -0.39 is 27.6 Å². The molecule has 0 bridgehead atoms. The number of pyridine rings is 1. The predicted molar refractivity (Wildman–Crippen MR) is 105 cm³/mol. The zero-order valence-corrected chi connectivity index (χ0v) is 16.9. The molecule has 2 heterocycles. The van der Waals surface area contributed by atoms with Crippen molar-refractivity contribution in [2.24, 2.45) is 0 Å². The van der Waals surface area contributed by atoms with Gasteiger partial charge in [-0.05, 0) is 61.7 Å². The van der Waals surface area contributed by atoms with E-state index in [4.69, 9.17) is 4.74 Å². The van der Waals surface area contributed by atoms with Crippen molar-refractivity contribution in [2.75, 3.05) is 13.2 Å². The monoisotopic (exact) mass is 420 g/mol. The maximum atomic E-state index is 13.0. The van der Waals surface area contributed by atoms with Crippen LogP contribution in [0.1, 0.15) is 25.3 Å². The van der Waals surface area contributed by atoms with E-state index in [-0.39, 0.29) is 17.9 Å². The Hall–Kier alpha value is -2.49. The van der Waals surface area contributed by atoms with Crippen LogP contribution in [0.25, 0.3) is 0 Å². The number of carboxylic acid groups (broad SMARTS) is 1. The molecule has 8 nitrogen and oxygen atoms in total. The maximum absolute atomic E-state index is 13.0. The van der Waals surface area contributed by atoms with Gasteiger partial charge in [0.25, 0.3) is 0 Å². The summed E-state index contributed by atoms with van der Waals surface area (Å²) in [4.78, 5) is 15.6. The molecule has 9 heteroatoms. The number of aromatic nitrogens is 1. The van der Waals surface area contributed by atoms with Crippen LogP contribution >= 0.6 is 0 Å². The zero-order chi connectivity index (χ0) is 21.1. The fourth-order valence-electron chi connectivity index (χ4n) is 3.50. The molecule has 0 spiro atoms. The standard InChI is InChI=1S/C20H24N2O6S/c1-20(25)10-2-13-22(18(20)19(23)24)29(26,27)17-5-3-16(4-6-17)28-14-9-15-7-11-21-12-8-15/h3-8,11-12,18,25H,2,9-10,13-14H2,1H3,(H,23,24)/t18-,20-/m0/s1. The Balaban J connectivity index is 1.71. The third-order valence-corrected chi connectivity index (χ3v) is 6.89. The lowest BCUT2D eigenvalue weighted by Crippen LogP contribution is -2.60. The largest absolute Gasteiger partial charge is 0.493 e. The van der Waals surface area contributed by atoms with Gasteiger partial charge in [0.15, 0.2) is 6.04 Å². The molecular weight excluding hydrogens is 396 g/mol. The highest BCUT2D eigenvalue weighted by atomic mass is 32.2. The number of aliphatic hydroxyl groups is 1. The number of nitrogens with zero attached hydrogens (tertiary/aromatic N) is 2. The third kappa shape index (κ3) is 4.75. The molecule has 3 rings (SSSR count). The van der Waals surface area contributed by atoms with Gasteiger partial charge in [0.05, 0.1) is 17.1 Å². The molecule has 1 aliphatic rings. The van der Waals surface area contributed by atoms with E-state index in [1.165, 1.54) is 31.2 Å². The molecule has 156 valence electrons. The highest BCUT2D eigenvalue weighted by Crippen LogP contribution is 2.32. The maximum Gasteiger partial charge on any atom is 0.325 e. The van der Waals surface area contributed by atoms with E-state index in [0.717, 1.165) is 9.87 Å². The lowest BCUT2D eigenvalue weighted by atomic mass is 9.88. The molecule has 1 aromatic carbocycles. The van der Waals surface area contributed by atoms with Crippen LogP contribution in [0.2, 0.25) is 0 Å². The first-order valence-corrected chi connectivity index (χ1v) is 10.7. The van der Waals surface area contributed by atoms with Crippen LogP contribution in [0.15, 0.2) is 53.7 Å². The molecule has 2 N–H and O–H groups in total. The van der Waals surface area contributed by atoms with E-state index in [1.807, 2.05) is 12.1 Å². The van der Waals surface area contributed by atoms with Crippen molar-refractivity contribution in [3.05, 3.63) is 54.4 Å². The van der Waals surface area contributed by atoms with Gasteiger partial charge >= 0.3 is 5.97 Å². The Labute approximate surface area is 169 Å². The Morgan fingerprint density at radius 2 is 1.90 bits per heavy atom. The number of piperidine rings is 1. The highest BCUT2D eigenvalue weighted by Gasteiger charge is 2.49. The Morgan fingerprint density at radius 3 is 2.52 bits per heavy atom. The van der Waals surface area contributed by atoms with Crippen molar-refractivity contribution < 1.29 is 28.2 Å². The number of carboxylic acids is 1. The smallest absolute Gasteiger partial charge is 0.325 e. The molecule has 0 radical (unpaired) electrons. The molecule has 0 unspecified atom stereocenters. The number of rotatable bonds is 7. The minimum Gasteiger partial charge on any atom is -0.493 e. The van der Waals surface area contributed by atoms with Gasteiger partial charge < -0.3 is 14.9 Å². The minimum absolute atomic E-state index is 0.0390. The first-order chi connectivity index (χ1) is 13.7. The topological polar surface area (TPSA) is 117 Å². The first kappa shape index (κ1) is 21.2. The van der Waals surface area contributed by atoms with E-state index in [9.17, 15) is 23.4 Å². The highest BCUT2D eigenvalue weighted by molar-refractivity contribution is 7.89. The Morgan fingerprint density at radius 1 is 1.24 bits per heavy atom. The van der Waals surface area contributed by atoms with Crippen molar-refractivity contribution in [3.8, 4) is 5.75 Å².